The summed E-state index contributed by atoms with van der Waals surface area (Å²) in [6.45, 7) is -0.906. The number of carbonyl (C=O) groups is 3. The number of aliphatic hydroxyl groups excluding tert-OH is 1. The van der Waals surface area contributed by atoms with Crippen LogP contribution in [0, 0.1) is 11.8 Å². The zero-order valence-corrected chi connectivity index (χ0v) is 42.8. The number of fused-ring (bicyclic) bond motifs is 2. The number of carboxylic acid groups (broad SMARTS) is 1. The number of aromatic carboxylic acids is 1. The summed E-state index contributed by atoms with van der Waals surface area (Å²) < 4.78 is 60.9. The van der Waals surface area contributed by atoms with E-state index in [1.165, 1.54) is 33.7 Å². The quantitative estimate of drug-likeness (QED) is 0.0135. The molecule has 2 unspecified atom stereocenters. The molecule has 1 fully saturated rings. The minimum Gasteiger partial charge on any atom is -0.478 e. The standard InChI is InChI=1S/C42H47N6O19P3S2/c1-46(2)26-8-11-29-33(19-26)64-34-20-27(47(3)4)9-12-30(34)38(29)31-18-24(7-10-28(31)41(53)54)39(51)44-15-17-72-71-16-13-36(50)43-14-5-6-25-22-48(42(55)45-40(25)52)37-21-32(49)35(65-37)23-63-69(59,60)67-70(61,62)66-68(56,57)58/h7-12,18-20,22,32,35,37,49H,13-17,21,23H2,1-4H3,(H7-,43,44,45,50,51,52,53,54,55,56,57,58,59,60,61,62)/p+1/t32-,35+,37+/m0/s1. The minimum absolute atomic E-state index is 0.00986. The molecule has 72 heavy (non-hydrogen) atoms. The van der Waals surface area contributed by atoms with Gasteiger partial charge in [-0.05, 0) is 42.0 Å². The highest BCUT2D eigenvalue weighted by Crippen LogP contribution is 2.66. The first kappa shape index (κ1) is 55.9. The van der Waals surface area contributed by atoms with E-state index in [1.807, 2.05) is 79.0 Å². The van der Waals surface area contributed by atoms with Gasteiger partial charge in [0.05, 0.1) is 30.9 Å². The fraction of sp³-hybridized carbons (Fsp3) is 0.333. The number of aromatic amines is 1. The molecule has 3 aliphatic rings. The number of nitrogens with zero attached hydrogens (tertiary/aromatic N) is 3. The molecule has 0 spiro atoms. The van der Waals surface area contributed by atoms with Crippen molar-refractivity contribution in [2.24, 2.45) is 0 Å². The predicted molar refractivity (Wildman–Crippen MR) is 264 cm³/mol. The van der Waals surface area contributed by atoms with Crippen LogP contribution in [-0.2, 0) is 36.4 Å². The molecule has 3 aromatic rings. The number of H-pyrrole nitrogens is 1. The number of hydrogen-bond acceptors (Lipinski definition) is 17. The van der Waals surface area contributed by atoms with Crippen molar-refractivity contribution < 1.29 is 80.2 Å². The summed E-state index contributed by atoms with van der Waals surface area (Å²) in [5, 5.41) is 27.7. The van der Waals surface area contributed by atoms with Crippen molar-refractivity contribution in [3.63, 3.8) is 0 Å². The number of carbonyl (C=O) groups excluding carboxylic acids is 2. The van der Waals surface area contributed by atoms with Crippen LogP contribution in [0.15, 0.2) is 74.8 Å². The van der Waals surface area contributed by atoms with Gasteiger partial charge in [-0.15, -0.1) is 0 Å². The van der Waals surface area contributed by atoms with Crippen molar-refractivity contribution in [2.75, 3.05) is 64.3 Å². The Bertz CT molecular complexity index is 3270. The lowest BCUT2D eigenvalue weighted by atomic mass is 9.89. The molecule has 2 aromatic carbocycles. The summed E-state index contributed by atoms with van der Waals surface area (Å²) in [6.07, 6.45) is -3.41. The largest absolute Gasteiger partial charge is 0.490 e. The Labute approximate surface area is 416 Å². The van der Waals surface area contributed by atoms with Crippen molar-refractivity contribution >= 4 is 79.5 Å². The van der Waals surface area contributed by atoms with Gasteiger partial charge in [0.25, 0.3) is 11.5 Å². The molecule has 3 heterocycles. The second-order valence-electron chi connectivity index (χ2n) is 15.9. The van der Waals surface area contributed by atoms with E-state index in [1.54, 1.807) is 6.07 Å². The third-order valence-corrected chi connectivity index (χ3v) is 16.6. The lowest BCUT2D eigenvalue weighted by Gasteiger charge is -2.19. The monoisotopic (exact) mass is 1100 g/mol. The van der Waals surface area contributed by atoms with E-state index in [9.17, 15) is 57.7 Å². The molecule has 1 aliphatic carbocycles. The molecule has 30 heteroatoms. The van der Waals surface area contributed by atoms with Crippen molar-refractivity contribution in [3.8, 4) is 34.3 Å². The first-order chi connectivity index (χ1) is 33.8. The summed E-state index contributed by atoms with van der Waals surface area (Å²) in [6, 6.07) is 15.8. The highest BCUT2D eigenvalue weighted by Gasteiger charge is 2.43. The number of nitrogens with one attached hydrogen (secondary N) is 3. The summed E-state index contributed by atoms with van der Waals surface area (Å²) in [7, 11) is -6.54. The molecule has 2 amide bonds. The third kappa shape index (κ3) is 14.9. The molecule has 1 saturated heterocycles. The van der Waals surface area contributed by atoms with Crippen molar-refractivity contribution in [2.45, 2.75) is 31.3 Å². The van der Waals surface area contributed by atoms with Gasteiger partial charge in [0.15, 0.2) is 0 Å². The number of anilines is 1. The average Bonchev–Trinajstić information content (AvgIpc) is 3.66. The van der Waals surface area contributed by atoms with E-state index in [4.69, 9.17) is 18.9 Å². The Balaban J connectivity index is 0.976. The number of rotatable bonds is 20. The molecule has 6 rings (SSSR count). The molecule has 5 atom stereocenters. The molecule has 9 N–H and O–H groups in total. The summed E-state index contributed by atoms with van der Waals surface area (Å²) in [5.74, 6) is 4.61. The van der Waals surface area contributed by atoms with Crippen LogP contribution in [0.4, 0.5) is 5.69 Å². The number of phosphoric acid groups is 3. The SMILES string of the molecule is CN(C)c1ccc2c(-c3cc(C(=O)NCCSSCCC(=O)NCC#Cc4cn([C@H]5C[C@H](O)[C@@H](COP(=O)(O)OP(=O)(O)OP(=O)(O)O)O5)c(=O)[nH]c4=O)ccc3C(=O)O)c3ccc(=[N+](C)C)cc-3oc2c1. The first-order valence-corrected chi connectivity index (χ1v) is 28.1. The topological polar surface area (TPSA) is 359 Å². The number of ether oxygens (including phenoxy) is 1. The molecule has 0 radical (unpaired) electrons. The van der Waals surface area contributed by atoms with E-state index in [0.717, 1.165) is 21.8 Å². The fourth-order valence-corrected chi connectivity index (χ4v) is 11.9. The number of aliphatic hydroxyl groups is 1. The summed E-state index contributed by atoms with van der Waals surface area (Å²) in [4.78, 5) is 104. The molecule has 2 aliphatic heterocycles. The van der Waals surface area contributed by atoms with E-state index in [0.29, 0.717) is 44.9 Å². The van der Waals surface area contributed by atoms with Crippen molar-refractivity contribution in [1.29, 1.82) is 0 Å². The second kappa shape index (κ2) is 23.7. The maximum absolute atomic E-state index is 13.4. The Morgan fingerprint density at radius 2 is 1.68 bits per heavy atom. The van der Waals surface area contributed by atoms with Crippen LogP contribution < -0.4 is 36.7 Å². The molecule has 0 saturated carbocycles. The lowest BCUT2D eigenvalue weighted by Crippen LogP contribution is -2.34. The summed E-state index contributed by atoms with van der Waals surface area (Å²) >= 11 is 0. The highest BCUT2D eigenvalue weighted by molar-refractivity contribution is 8.76. The molecule has 1 aromatic heterocycles. The third-order valence-electron chi connectivity index (χ3n) is 10.4. The fourth-order valence-electron chi connectivity index (χ4n) is 7.02. The number of phosphoric ester groups is 1. The van der Waals surface area contributed by atoms with Crippen LogP contribution in [0.3, 0.4) is 0 Å². The average molecular weight is 1100 g/mol. The van der Waals surface area contributed by atoms with Gasteiger partial charge in [0.1, 0.15) is 43.3 Å². The molecular formula is C42H48N6O19P3S2+. The second-order valence-corrected chi connectivity index (χ2v) is 23.1. The van der Waals surface area contributed by atoms with Gasteiger partial charge >= 0.3 is 35.1 Å². The number of carboxylic acids is 1. The smallest absolute Gasteiger partial charge is 0.478 e. The van der Waals surface area contributed by atoms with Gasteiger partial charge in [-0.2, -0.15) is 8.62 Å². The number of aromatic nitrogens is 2. The zero-order chi connectivity index (χ0) is 52.7. The number of hydrogen-bond donors (Lipinski definition) is 9. The van der Waals surface area contributed by atoms with Gasteiger partial charge in [-0.3, -0.25) is 28.5 Å². The Morgan fingerprint density at radius 3 is 2.38 bits per heavy atom. The van der Waals surface area contributed by atoms with Crippen molar-refractivity contribution in [1.82, 2.24) is 24.8 Å². The zero-order valence-electron chi connectivity index (χ0n) is 38.4. The number of benzene rings is 3. The van der Waals surface area contributed by atoms with E-state index in [2.05, 4.69) is 35.6 Å². The van der Waals surface area contributed by atoms with Gasteiger partial charge < -0.3 is 54.5 Å². The molecule has 386 valence electrons. The Kier molecular flexibility index (Phi) is 18.4. The van der Waals surface area contributed by atoms with Gasteiger partial charge in [-0.1, -0.05) is 33.4 Å². The Hall–Kier alpha value is -5.39. The first-order valence-electron chi connectivity index (χ1n) is 21.1. The van der Waals surface area contributed by atoms with E-state index >= 15 is 0 Å². The van der Waals surface area contributed by atoms with Crippen LogP contribution in [0.25, 0.3) is 33.4 Å². The molecule has 0 bridgehead atoms. The van der Waals surface area contributed by atoms with Crippen LogP contribution in [0.2, 0.25) is 0 Å². The van der Waals surface area contributed by atoms with E-state index in [-0.39, 0.29) is 48.5 Å². The number of amides is 2. The Morgan fingerprint density at radius 1 is 0.944 bits per heavy atom. The van der Waals surface area contributed by atoms with Gasteiger partial charge in [0.2, 0.25) is 11.3 Å². The van der Waals surface area contributed by atoms with Gasteiger partial charge in [-0.25, -0.2) is 27.9 Å². The van der Waals surface area contributed by atoms with E-state index < -0.39 is 71.6 Å². The normalized spacial score (nSPS) is 17.4. The molecular weight excluding hydrogens is 1050 g/mol. The van der Waals surface area contributed by atoms with Crippen molar-refractivity contribution in [3.05, 3.63) is 104 Å². The lowest BCUT2D eigenvalue weighted by molar-refractivity contribution is -0.120. The minimum atomic E-state index is -5.80. The molecule has 25 nitrogen and oxygen atoms in total. The van der Waals surface area contributed by atoms with Crippen LogP contribution in [0.1, 0.15) is 45.3 Å². The highest BCUT2D eigenvalue weighted by atomic mass is 33.1. The van der Waals surface area contributed by atoms with Crippen LogP contribution >= 0.6 is 45.1 Å². The van der Waals surface area contributed by atoms with Gasteiger partial charge in [0, 0.05) is 91.1 Å². The van der Waals surface area contributed by atoms with Crippen LogP contribution in [0.5, 0.6) is 0 Å². The van der Waals surface area contributed by atoms with Crippen LogP contribution in [-0.4, -0.2) is 129 Å². The maximum atomic E-state index is 13.4. The predicted octanol–water partition coefficient (Wildman–Crippen LogP) is 2.51. The summed E-state index contributed by atoms with van der Waals surface area (Å²) in [5.41, 5.74) is 1.21. The maximum Gasteiger partial charge on any atom is 0.490 e.